The Morgan fingerprint density at radius 2 is 2.07 bits per heavy atom. The summed E-state index contributed by atoms with van der Waals surface area (Å²) >= 11 is 6.40. The minimum atomic E-state index is -0.0754. The summed E-state index contributed by atoms with van der Waals surface area (Å²) in [5.41, 5.74) is 9.31. The highest BCUT2D eigenvalue weighted by molar-refractivity contribution is 6.33. The summed E-state index contributed by atoms with van der Waals surface area (Å²) in [6.45, 7) is 2.55. The molecular weight excluding hydrogens is 366 g/mol. The van der Waals surface area contributed by atoms with E-state index in [1.165, 1.54) is 0 Å². The number of amides is 2. The molecule has 0 spiro atoms. The van der Waals surface area contributed by atoms with Crippen LogP contribution in [0.5, 0.6) is 5.75 Å². The molecule has 2 heterocycles. The summed E-state index contributed by atoms with van der Waals surface area (Å²) in [4.78, 5) is 23.1. The van der Waals surface area contributed by atoms with Gasteiger partial charge in [0.15, 0.2) is 0 Å². The smallest absolute Gasteiger partial charge is 0.318 e. The van der Waals surface area contributed by atoms with Crippen molar-refractivity contribution in [3.63, 3.8) is 0 Å². The van der Waals surface area contributed by atoms with E-state index in [4.69, 9.17) is 17.3 Å². The van der Waals surface area contributed by atoms with E-state index in [9.17, 15) is 9.90 Å². The topological polar surface area (TPSA) is 104 Å². The number of nitrogens with zero attached hydrogens (tertiary/aromatic N) is 3. The number of carbonyl (C=O) groups is 1. The highest BCUT2D eigenvalue weighted by atomic mass is 35.5. The number of benzene rings is 1. The highest BCUT2D eigenvalue weighted by Crippen LogP contribution is 2.57. The Morgan fingerprint density at radius 1 is 1.33 bits per heavy atom. The van der Waals surface area contributed by atoms with E-state index in [1.807, 2.05) is 0 Å². The number of hydrogen-bond donors (Lipinski definition) is 3. The van der Waals surface area contributed by atoms with Gasteiger partial charge in [-0.25, -0.2) is 14.8 Å². The summed E-state index contributed by atoms with van der Waals surface area (Å²) < 4.78 is 0. The zero-order chi connectivity index (χ0) is 18.9. The van der Waals surface area contributed by atoms with Gasteiger partial charge in [-0.05, 0) is 49.8 Å². The maximum Gasteiger partial charge on any atom is 0.318 e. The molecule has 1 aromatic heterocycles. The minimum Gasteiger partial charge on any atom is -0.508 e. The molecular formula is C19H20ClN5O2. The van der Waals surface area contributed by atoms with Gasteiger partial charge in [-0.3, -0.25) is 0 Å². The molecule has 2 bridgehead atoms. The fourth-order valence-corrected chi connectivity index (χ4v) is 4.73. The van der Waals surface area contributed by atoms with Crippen LogP contribution in [0.15, 0.2) is 12.1 Å². The predicted molar refractivity (Wildman–Crippen MR) is 101 cm³/mol. The first kappa shape index (κ1) is 16.6. The molecule has 0 unspecified atom stereocenters. The van der Waals surface area contributed by atoms with Crippen LogP contribution in [0.1, 0.15) is 36.1 Å². The zero-order valence-corrected chi connectivity index (χ0v) is 15.7. The van der Waals surface area contributed by atoms with Crippen LogP contribution in [0.25, 0.3) is 11.3 Å². The van der Waals surface area contributed by atoms with Gasteiger partial charge in [0.2, 0.25) is 5.95 Å². The molecule has 4 aliphatic rings. The average Bonchev–Trinajstić information content (AvgIpc) is 2.96. The van der Waals surface area contributed by atoms with E-state index in [-0.39, 0.29) is 23.3 Å². The van der Waals surface area contributed by atoms with Crippen molar-refractivity contribution in [2.75, 3.05) is 5.73 Å². The number of anilines is 1. The quantitative estimate of drug-likeness (QED) is 0.737. The summed E-state index contributed by atoms with van der Waals surface area (Å²) in [7, 11) is 0. The lowest BCUT2D eigenvalue weighted by atomic mass is 9.50. The van der Waals surface area contributed by atoms with Crippen molar-refractivity contribution in [2.24, 2.45) is 5.92 Å². The molecule has 0 saturated heterocycles. The Balaban J connectivity index is 1.47. The van der Waals surface area contributed by atoms with Crippen LogP contribution in [0.2, 0.25) is 5.02 Å². The number of phenols is 1. The van der Waals surface area contributed by atoms with Crippen LogP contribution in [-0.2, 0) is 13.1 Å². The number of nitrogens with one attached hydrogen (secondary N) is 1. The Labute approximate surface area is 161 Å². The number of aryl methyl sites for hydroxylation is 1. The average molecular weight is 386 g/mol. The number of halogens is 1. The molecule has 3 fully saturated rings. The first-order chi connectivity index (χ1) is 12.8. The monoisotopic (exact) mass is 385 g/mol. The number of nitrogen functional groups attached to an aromatic ring is 1. The molecule has 1 aliphatic heterocycles. The van der Waals surface area contributed by atoms with E-state index >= 15 is 0 Å². The largest absolute Gasteiger partial charge is 0.508 e. The highest BCUT2D eigenvalue weighted by Gasteiger charge is 2.57. The fourth-order valence-electron chi connectivity index (χ4n) is 4.42. The molecule has 140 valence electrons. The molecule has 3 aliphatic carbocycles. The van der Waals surface area contributed by atoms with Crippen LogP contribution in [0.3, 0.4) is 0 Å². The molecule has 6 rings (SSSR count). The molecule has 8 heteroatoms. The van der Waals surface area contributed by atoms with Crippen LogP contribution >= 0.6 is 11.6 Å². The summed E-state index contributed by atoms with van der Waals surface area (Å²) in [6.07, 6.45) is 3.28. The number of fused-ring (bicyclic) bond motifs is 1. The van der Waals surface area contributed by atoms with Gasteiger partial charge >= 0.3 is 6.03 Å². The van der Waals surface area contributed by atoms with E-state index in [1.54, 1.807) is 24.0 Å². The van der Waals surface area contributed by atoms with Crippen molar-refractivity contribution in [1.29, 1.82) is 0 Å². The van der Waals surface area contributed by atoms with Gasteiger partial charge in [-0.15, -0.1) is 0 Å². The number of urea groups is 1. The second kappa shape index (κ2) is 5.48. The first-order valence-corrected chi connectivity index (χ1v) is 9.43. The molecule has 3 saturated carbocycles. The van der Waals surface area contributed by atoms with Crippen LogP contribution in [0.4, 0.5) is 10.7 Å². The first-order valence-electron chi connectivity index (χ1n) is 9.05. The normalized spacial score (nSPS) is 24.8. The van der Waals surface area contributed by atoms with Crippen molar-refractivity contribution in [3.8, 4) is 17.0 Å². The van der Waals surface area contributed by atoms with E-state index in [2.05, 4.69) is 15.3 Å². The third-order valence-corrected chi connectivity index (χ3v) is 6.35. The van der Waals surface area contributed by atoms with E-state index in [0.717, 1.165) is 36.4 Å². The number of aromatic hydroxyl groups is 1. The van der Waals surface area contributed by atoms with Crippen LogP contribution < -0.4 is 11.1 Å². The second-order valence-corrected chi connectivity index (χ2v) is 8.43. The Hall–Kier alpha value is -2.54. The molecule has 4 N–H and O–H groups in total. The third-order valence-electron chi connectivity index (χ3n) is 6.04. The minimum absolute atomic E-state index is 0.0239. The second-order valence-electron chi connectivity index (χ2n) is 8.02. The summed E-state index contributed by atoms with van der Waals surface area (Å²) in [5, 5.41) is 13.8. The Morgan fingerprint density at radius 3 is 2.74 bits per heavy atom. The number of nitrogens with two attached hydrogens (primary N) is 1. The number of aromatic nitrogens is 2. The van der Waals surface area contributed by atoms with Gasteiger partial charge in [0.05, 0.1) is 29.5 Å². The molecule has 1 aromatic carbocycles. The Bertz CT molecular complexity index is 976. The SMILES string of the molecule is Cc1cc(Cl)c(-c2nc(N)nc3c2CN(C(=O)NC24CC(C2)C4)C3)cc1O. The van der Waals surface area contributed by atoms with E-state index < -0.39 is 0 Å². The molecule has 27 heavy (non-hydrogen) atoms. The van der Waals surface area contributed by atoms with Crippen molar-refractivity contribution in [2.45, 2.75) is 44.8 Å². The van der Waals surface area contributed by atoms with Gasteiger partial charge in [0.25, 0.3) is 0 Å². The molecule has 2 aromatic rings. The number of hydrogen-bond acceptors (Lipinski definition) is 5. The predicted octanol–water partition coefficient (Wildman–Crippen LogP) is 2.97. The molecule has 2 amide bonds. The van der Waals surface area contributed by atoms with Gasteiger partial charge in [0.1, 0.15) is 5.75 Å². The maximum atomic E-state index is 12.7. The molecule has 7 nitrogen and oxygen atoms in total. The standard InChI is InChI=1S/C19H20ClN5O2/c1-9-2-13(20)11(3-15(9)26)16-12-7-25(8-14(12)22-17(21)23-16)18(27)24-19-4-10(5-19)6-19/h2-3,10,26H,4-8H2,1H3,(H,24,27)(H2,21,22,23). The number of rotatable bonds is 2. The van der Waals surface area contributed by atoms with Crippen LogP contribution in [0, 0.1) is 12.8 Å². The van der Waals surface area contributed by atoms with E-state index in [0.29, 0.717) is 34.9 Å². The maximum absolute atomic E-state index is 12.7. The zero-order valence-electron chi connectivity index (χ0n) is 14.9. The van der Waals surface area contributed by atoms with Gasteiger partial charge in [-0.2, -0.15) is 0 Å². The van der Waals surface area contributed by atoms with Crippen molar-refractivity contribution in [3.05, 3.63) is 34.0 Å². The lowest BCUT2D eigenvalue weighted by Crippen LogP contribution is -2.69. The van der Waals surface area contributed by atoms with Crippen molar-refractivity contribution < 1.29 is 9.90 Å². The Kier molecular flexibility index (Phi) is 3.37. The summed E-state index contributed by atoms with van der Waals surface area (Å²) in [5.74, 6) is 1.06. The van der Waals surface area contributed by atoms with Crippen molar-refractivity contribution in [1.82, 2.24) is 20.2 Å². The number of carbonyl (C=O) groups excluding carboxylic acids is 1. The number of phenolic OH excluding ortho intramolecular Hbond substituents is 1. The van der Waals surface area contributed by atoms with Gasteiger partial charge < -0.3 is 21.1 Å². The lowest BCUT2D eigenvalue weighted by Gasteiger charge is -2.61. The lowest BCUT2D eigenvalue weighted by molar-refractivity contribution is -0.0434. The molecule has 0 radical (unpaired) electrons. The summed E-state index contributed by atoms with van der Waals surface area (Å²) in [6, 6.07) is 3.21. The fraction of sp³-hybridized carbons (Fsp3) is 0.421. The van der Waals surface area contributed by atoms with Crippen LogP contribution in [-0.4, -0.2) is 31.5 Å². The van der Waals surface area contributed by atoms with Gasteiger partial charge in [-0.1, -0.05) is 11.6 Å². The molecule has 0 atom stereocenters. The third kappa shape index (κ3) is 2.52. The van der Waals surface area contributed by atoms with Gasteiger partial charge in [0, 0.05) is 16.7 Å². The van der Waals surface area contributed by atoms with Crippen molar-refractivity contribution >= 4 is 23.6 Å².